The van der Waals surface area contributed by atoms with Crippen molar-refractivity contribution in [2.45, 2.75) is 69.9 Å². The van der Waals surface area contributed by atoms with Crippen LogP contribution in [-0.2, 0) is 20.0 Å². The van der Waals surface area contributed by atoms with Crippen molar-refractivity contribution in [1.29, 1.82) is 0 Å². The fraction of sp³-hybridized carbons (Fsp3) is 0.722. The summed E-state index contributed by atoms with van der Waals surface area (Å²) in [6.45, 7) is 6.74. The van der Waals surface area contributed by atoms with Gasteiger partial charge in [0.05, 0.1) is 5.75 Å². The van der Waals surface area contributed by atoms with Crippen molar-refractivity contribution in [2.75, 3.05) is 24.2 Å². The third-order valence-electron chi connectivity index (χ3n) is 5.02. The molecule has 1 aliphatic rings. The molecular formula is C18H32N4O4S2. The van der Waals surface area contributed by atoms with Crippen molar-refractivity contribution < 1.29 is 16.8 Å². The predicted octanol–water partition coefficient (Wildman–Crippen LogP) is 2.16. The molecule has 0 spiro atoms. The third-order valence-corrected chi connectivity index (χ3v) is 8.60. The fourth-order valence-corrected chi connectivity index (χ4v) is 6.13. The van der Waals surface area contributed by atoms with Gasteiger partial charge in [-0.3, -0.25) is 0 Å². The minimum absolute atomic E-state index is 0.0861. The molecule has 28 heavy (non-hydrogen) atoms. The quantitative estimate of drug-likeness (QED) is 0.586. The SMILES string of the molecule is CCCS(=O)(=O)N1CCC(Nc2ccc(S(=O)(=O)NC(CC)CC)cn2)CC1. The summed E-state index contributed by atoms with van der Waals surface area (Å²) < 4.78 is 53.3. The second-order valence-corrected chi connectivity index (χ2v) is 10.9. The van der Waals surface area contributed by atoms with Gasteiger partial charge in [0.1, 0.15) is 10.7 Å². The zero-order chi connectivity index (χ0) is 20.8. The smallest absolute Gasteiger partial charge is 0.242 e. The van der Waals surface area contributed by atoms with E-state index in [4.69, 9.17) is 0 Å². The van der Waals surface area contributed by atoms with E-state index in [0.717, 1.165) is 12.8 Å². The number of sulfonamides is 2. The lowest BCUT2D eigenvalue weighted by Gasteiger charge is -2.31. The molecule has 1 fully saturated rings. The van der Waals surface area contributed by atoms with Crippen molar-refractivity contribution in [1.82, 2.24) is 14.0 Å². The monoisotopic (exact) mass is 432 g/mol. The van der Waals surface area contributed by atoms with Crippen molar-refractivity contribution in [3.63, 3.8) is 0 Å². The first kappa shape index (κ1) is 23.1. The van der Waals surface area contributed by atoms with E-state index in [2.05, 4.69) is 15.0 Å². The first-order valence-corrected chi connectivity index (χ1v) is 13.0. The summed E-state index contributed by atoms with van der Waals surface area (Å²) in [5.74, 6) is 0.782. The maximum atomic E-state index is 12.4. The van der Waals surface area contributed by atoms with Crippen molar-refractivity contribution >= 4 is 25.9 Å². The van der Waals surface area contributed by atoms with Crippen molar-refractivity contribution in [2.24, 2.45) is 0 Å². The van der Waals surface area contributed by atoms with Gasteiger partial charge in [0, 0.05) is 31.4 Å². The van der Waals surface area contributed by atoms with Gasteiger partial charge in [0.25, 0.3) is 0 Å². The average molecular weight is 433 g/mol. The number of nitrogens with zero attached hydrogens (tertiary/aromatic N) is 2. The van der Waals surface area contributed by atoms with Gasteiger partial charge in [-0.05, 0) is 44.2 Å². The van der Waals surface area contributed by atoms with E-state index in [1.807, 2.05) is 20.8 Å². The Balaban J connectivity index is 1.93. The van der Waals surface area contributed by atoms with E-state index < -0.39 is 20.0 Å². The second-order valence-electron chi connectivity index (χ2n) is 7.15. The highest BCUT2D eigenvalue weighted by atomic mass is 32.2. The normalized spacial score (nSPS) is 17.1. The van der Waals surface area contributed by atoms with Crippen LogP contribution in [0, 0.1) is 0 Å². The van der Waals surface area contributed by atoms with E-state index in [-0.39, 0.29) is 22.7 Å². The van der Waals surface area contributed by atoms with Gasteiger partial charge in [-0.2, -0.15) is 0 Å². The van der Waals surface area contributed by atoms with Gasteiger partial charge in [0.2, 0.25) is 20.0 Å². The number of aromatic nitrogens is 1. The number of hydrogen-bond donors (Lipinski definition) is 2. The van der Waals surface area contributed by atoms with Crippen LogP contribution >= 0.6 is 0 Å². The molecule has 0 amide bonds. The summed E-state index contributed by atoms with van der Waals surface area (Å²) in [5.41, 5.74) is 0. The lowest BCUT2D eigenvalue weighted by molar-refractivity contribution is 0.329. The molecule has 1 aliphatic heterocycles. The Bertz CT molecular complexity index is 814. The molecule has 0 aromatic carbocycles. The molecule has 1 saturated heterocycles. The van der Waals surface area contributed by atoms with E-state index in [1.54, 1.807) is 16.4 Å². The first-order chi connectivity index (χ1) is 13.2. The van der Waals surface area contributed by atoms with Crippen LogP contribution in [0.2, 0.25) is 0 Å². The highest BCUT2D eigenvalue weighted by molar-refractivity contribution is 7.89. The van der Waals surface area contributed by atoms with Crippen LogP contribution in [0.5, 0.6) is 0 Å². The molecule has 0 saturated carbocycles. The Labute approximate surface area is 169 Å². The average Bonchev–Trinajstić information content (AvgIpc) is 2.67. The number of hydrogen-bond acceptors (Lipinski definition) is 6. The van der Waals surface area contributed by atoms with Crippen LogP contribution in [0.4, 0.5) is 5.82 Å². The Morgan fingerprint density at radius 1 is 1.11 bits per heavy atom. The highest BCUT2D eigenvalue weighted by Gasteiger charge is 2.27. The molecule has 160 valence electrons. The van der Waals surface area contributed by atoms with E-state index >= 15 is 0 Å². The summed E-state index contributed by atoms with van der Waals surface area (Å²) in [5, 5.41) is 3.28. The summed E-state index contributed by atoms with van der Waals surface area (Å²) in [6.07, 6.45) is 4.83. The zero-order valence-electron chi connectivity index (χ0n) is 16.9. The van der Waals surface area contributed by atoms with Crippen molar-refractivity contribution in [3.05, 3.63) is 18.3 Å². The standard InChI is InChI=1S/C18H32N4O4S2/c1-4-13-27(23,24)22-11-9-16(10-12-22)20-18-8-7-17(14-19-18)28(25,26)21-15(5-2)6-3/h7-8,14-16,21H,4-6,9-13H2,1-3H3,(H,19,20). The van der Waals surface area contributed by atoms with Crippen molar-refractivity contribution in [3.8, 4) is 0 Å². The number of anilines is 1. The van der Waals surface area contributed by atoms with Crippen LogP contribution in [-0.4, -0.2) is 57.1 Å². The molecule has 0 unspecified atom stereocenters. The Morgan fingerprint density at radius 2 is 1.75 bits per heavy atom. The minimum Gasteiger partial charge on any atom is -0.367 e. The molecule has 8 nitrogen and oxygen atoms in total. The minimum atomic E-state index is -3.58. The van der Waals surface area contributed by atoms with E-state index in [0.29, 0.717) is 38.2 Å². The van der Waals surface area contributed by atoms with Gasteiger partial charge in [-0.15, -0.1) is 0 Å². The Morgan fingerprint density at radius 3 is 2.25 bits per heavy atom. The topological polar surface area (TPSA) is 108 Å². The van der Waals surface area contributed by atoms with Crippen LogP contribution in [0.25, 0.3) is 0 Å². The molecule has 0 radical (unpaired) electrons. The summed E-state index contributed by atoms with van der Waals surface area (Å²) >= 11 is 0. The highest BCUT2D eigenvalue weighted by Crippen LogP contribution is 2.19. The molecule has 0 bridgehead atoms. The lowest BCUT2D eigenvalue weighted by Crippen LogP contribution is -2.43. The molecule has 2 rings (SSSR count). The van der Waals surface area contributed by atoms with Crippen LogP contribution in [0.15, 0.2) is 23.2 Å². The second kappa shape index (κ2) is 10.00. The van der Waals surface area contributed by atoms with E-state index in [9.17, 15) is 16.8 Å². The largest absolute Gasteiger partial charge is 0.367 e. The molecule has 1 aromatic heterocycles. The number of pyridine rings is 1. The van der Waals surface area contributed by atoms with Gasteiger partial charge in [0.15, 0.2) is 0 Å². The number of nitrogens with one attached hydrogen (secondary N) is 2. The molecule has 0 atom stereocenters. The Kier molecular flexibility index (Phi) is 8.23. The number of piperidine rings is 1. The summed E-state index contributed by atoms with van der Waals surface area (Å²) in [4.78, 5) is 4.38. The predicted molar refractivity (Wildman–Crippen MR) is 111 cm³/mol. The van der Waals surface area contributed by atoms with Crippen LogP contribution in [0.1, 0.15) is 52.9 Å². The molecule has 10 heteroatoms. The molecular weight excluding hydrogens is 400 g/mol. The van der Waals surface area contributed by atoms with Gasteiger partial charge in [-0.25, -0.2) is 30.8 Å². The zero-order valence-corrected chi connectivity index (χ0v) is 18.5. The van der Waals surface area contributed by atoms with Gasteiger partial charge >= 0.3 is 0 Å². The first-order valence-electron chi connectivity index (χ1n) is 9.94. The van der Waals surface area contributed by atoms with Crippen LogP contribution in [0.3, 0.4) is 0 Å². The molecule has 2 N–H and O–H groups in total. The number of rotatable bonds is 10. The molecule has 0 aliphatic carbocycles. The Hall–Kier alpha value is -1.23. The molecule has 1 aromatic rings. The molecule has 2 heterocycles. The maximum absolute atomic E-state index is 12.4. The summed E-state index contributed by atoms with van der Waals surface area (Å²) in [6, 6.07) is 3.23. The maximum Gasteiger partial charge on any atom is 0.242 e. The third kappa shape index (κ3) is 6.13. The van der Waals surface area contributed by atoms with Crippen LogP contribution < -0.4 is 10.0 Å². The van der Waals surface area contributed by atoms with E-state index in [1.165, 1.54) is 6.20 Å². The summed E-state index contributed by atoms with van der Waals surface area (Å²) in [7, 11) is -6.73. The fourth-order valence-electron chi connectivity index (χ4n) is 3.24. The lowest BCUT2D eigenvalue weighted by atomic mass is 10.1. The van der Waals surface area contributed by atoms with Gasteiger partial charge < -0.3 is 5.32 Å². The van der Waals surface area contributed by atoms with Gasteiger partial charge in [-0.1, -0.05) is 20.8 Å².